The molecule has 2 aromatic heterocycles. The summed E-state index contributed by atoms with van der Waals surface area (Å²) in [6.07, 6.45) is 0. The van der Waals surface area contributed by atoms with Gasteiger partial charge in [-0.2, -0.15) is 0 Å². The standard InChI is InChI=1S/C61H42N2O/c1-41-39-46(43-21-7-3-8-22-43)40-53(45-23-9-4-10-24-45)60(41)62(47-35-33-44(34-36-47)42-19-5-2-6-20-42)57-38-37-51(61-59(57)52-28-14-18-32-58(52)64-61)50-27-13-17-31-56(50)63-54-29-15-11-25-48(54)49-26-12-16-30-55(49)63/h2-40H,1H3. The van der Waals surface area contributed by atoms with E-state index in [4.69, 9.17) is 4.42 Å². The Labute approximate surface area is 372 Å². The minimum absolute atomic E-state index is 0.845. The van der Waals surface area contributed by atoms with Crippen molar-refractivity contribution < 1.29 is 4.42 Å². The van der Waals surface area contributed by atoms with Crippen LogP contribution in [0.4, 0.5) is 17.1 Å². The number of aromatic nitrogens is 1. The number of hydrogen-bond donors (Lipinski definition) is 0. The Bertz CT molecular complexity index is 3610. The molecule has 0 aliphatic rings. The van der Waals surface area contributed by atoms with Crippen LogP contribution < -0.4 is 4.90 Å². The van der Waals surface area contributed by atoms with E-state index in [-0.39, 0.29) is 0 Å². The van der Waals surface area contributed by atoms with Gasteiger partial charge in [0.25, 0.3) is 0 Å². The Hall–Kier alpha value is -8.40. The Balaban J connectivity index is 1.15. The number of para-hydroxylation sites is 4. The zero-order valence-electron chi connectivity index (χ0n) is 35.3. The Morgan fingerprint density at radius 3 is 1.59 bits per heavy atom. The lowest BCUT2D eigenvalue weighted by Crippen LogP contribution is -2.13. The molecule has 0 spiro atoms. The molecule has 0 bridgehead atoms. The summed E-state index contributed by atoms with van der Waals surface area (Å²) >= 11 is 0. The lowest BCUT2D eigenvalue weighted by molar-refractivity contribution is 0.670. The van der Waals surface area contributed by atoms with Crippen molar-refractivity contribution in [1.29, 1.82) is 0 Å². The third-order valence-corrected chi connectivity index (χ3v) is 12.7. The van der Waals surface area contributed by atoms with Gasteiger partial charge in [-0.15, -0.1) is 0 Å². The molecular weight excluding hydrogens is 777 g/mol. The molecule has 0 N–H and O–H groups in total. The van der Waals surface area contributed by atoms with Crippen LogP contribution in [-0.2, 0) is 0 Å². The molecule has 64 heavy (non-hydrogen) atoms. The fourth-order valence-electron chi connectivity index (χ4n) is 9.82. The van der Waals surface area contributed by atoms with E-state index in [1.54, 1.807) is 0 Å². The van der Waals surface area contributed by atoms with E-state index in [0.29, 0.717) is 0 Å². The quantitative estimate of drug-likeness (QED) is 0.152. The zero-order valence-corrected chi connectivity index (χ0v) is 35.3. The second-order valence-corrected chi connectivity index (χ2v) is 16.5. The summed E-state index contributed by atoms with van der Waals surface area (Å²) in [7, 11) is 0. The Kier molecular flexibility index (Phi) is 9.05. The fourth-order valence-corrected chi connectivity index (χ4v) is 9.82. The summed E-state index contributed by atoms with van der Waals surface area (Å²) in [5.74, 6) is 0. The van der Waals surface area contributed by atoms with E-state index in [1.165, 1.54) is 44.1 Å². The van der Waals surface area contributed by atoms with Crippen molar-refractivity contribution in [2.75, 3.05) is 4.90 Å². The van der Waals surface area contributed by atoms with Crippen molar-refractivity contribution in [2.24, 2.45) is 0 Å². The monoisotopic (exact) mass is 818 g/mol. The first-order valence-electron chi connectivity index (χ1n) is 21.9. The first-order chi connectivity index (χ1) is 31.7. The van der Waals surface area contributed by atoms with Crippen LogP contribution >= 0.6 is 0 Å². The van der Waals surface area contributed by atoms with E-state index in [9.17, 15) is 0 Å². The van der Waals surface area contributed by atoms with Gasteiger partial charge in [0.05, 0.1) is 33.5 Å². The maximum absolute atomic E-state index is 7.11. The molecule has 10 aromatic carbocycles. The summed E-state index contributed by atoms with van der Waals surface area (Å²) in [4.78, 5) is 2.47. The molecule has 12 aromatic rings. The van der Waals surface area contributed by atoms with Gasteiger partial charge in [-0.05, 0) is 101 Å². The van der Waals surface area contributed by atoms with E-state index in [0.717, 1.165) is 72.5 Å². The molecule has 3 nitrogen and oxygen atoms in total. The average Bonchev–Trinajstić information content (AvgIpc) is 3.92. The van der Waals surface area contributed by atoms with Gasteiger partial charge in [0.15, 0.2) is 0 Å². The van der Waals surface area contributed by atoms with Crippen LogP contribution in [-0.4, -0.2) is 4.57 Å². The highest BCUT2D eigenvalue weighted by Gasteiger charge is 2.27. The van der Waals surface area contributed by atoms with Crippen LogP contribution in [0.1, 0.15) is 5.56 Å². The molecule has 0 saturated heterocycles. The number of anilines is 3. The Morgan fingerprint density at radius 1 is 0.391 bits per heavy atom. The molecule has 302 valence electrons. The van der Waals surface area contributed by atoms with Crippen LogP contribution in [0.3, 0.4) is 0 Å². The van der Waals surface area contributed by atoms with Gasteiger partial charge in [0.2, 0.25) is 0 Å². The molecule has 0 atom stereocenters. The topological polar surface area (TPSA) is 21.3 Å². The van der Waals surface area contributed by atoms with Gasteiger partial charge >= 0.3 is 0 Å². The lowest BCUT2D eigenvalue weighted by atomic mass is 9.92. The lowest BCUT2D eigenvalue weighted by Gasteiger charge is -2.31. The summed E-state index contributed by atoms with van der Waals surface area (Å²) in [5, 5.41) is 4.58. The van der Waals surface area contributed by atoms with Crippen molar-refractivity contribution in [3.63, 3.8) is 0 Å². The van der Waals surface area contributed by atoms with Crippen molar-refractivity contribution >= 4 is 60.8 Å². The smallest absolute Gasteiger partial charge is 0.145 e. The summed E-state index contributed by atoms with van der Waals surface area (Å²) in [6.45, 7) is 2.25. The van der Waals surface area contributed by atoms with Gasteiger partial charge in [-0.1, -0.05) is 176 Å². The van der Waals surface area contributed by atoms with Crippen LogP contribution in [0.25, 0.3) is 93.9 Å². The number of benzene rings is 10. The van der Waals surface area contributed by atoms with Crippen LogP contribution in [0, 0.1) is 6.92 Å². The average molecular weight is 819 g/mol. The molecule has 0 aliphatic carbocycles. The molecule has 12 rings (SSSR count). The Morgan fingerprint density at radius 2 is 0.922 bits per heavy atom. The molecule has 2 heterocycles. The molecular formula is C61H42N2O. The van der Waals surface area contributed by atoms with E-state index in [1.807, 2.05) is 0 Å². The highest BCUT2D eigenvalue weighted by Crippen LogP contribution is 2.51. The number of furan rings is 1. The number of aryl methyl sites for hydroxylation is 1. The van der Waals surface area contributed by atoms with E-state index in [2.05, 4.69) is 253 Å². The third kappa shape index (κ3) is 6.20. The molecule has 0 radical (unpaired) electrons. The molecule has 0 fully saturated rings. The highest BCUT2D eigenvalue weighted by atomic mass is 16.3. The second-order valence-electron chi connectivity index (χ2n) is 16.5. The van der Waals surface area contributed by atoms with Crippen LogP contribution in [0.5, 0.6) is 0 Å². The minimum atomic E-state index is 0.845. The molecule has 0 amide bonds. The largest absolute Gasteiger partial charge is 0.455 e. The number of fused-ring (bicyclic) bond motifs is 6. The highest BCUT2D eigenvalue weighted by molar-refractivity contribution is 6.18. The van der Waals surface area contributed by atoms with E-state index >= 15 is 0 Å². The summed E-state index contributed by atoms with van der Waals surface area (Å²) in [5.41, 5.74) is 18.6. The summed E-state index contributed by atoms with van der Waals surface area (Å²) in [6, 6.07) is 85.1. The number of rotatable bonds is 8. The van der Waals surface area contributed by atoms with Crippen molar-refractivity contribution in [3.8, 4) is 50.2 Å². The van der Waals surface area contributed by atoms with Crippen molar-refractivity contribution in [3.05, 3.63) is 242 Å². The van der Waals surface area contributed by atoms with Crippen LogP contribution in [0.2, 0.25) is 0 Å². The minimum Gasteiger partial charge on any atom is -0.455 e. The SMILES string of the molecule is Cc1cc(-c2ccccc2)cc(-c2ccccc2)c1N(c1ccc(-c2ccccc2)cc1)c1ccc(-c2ccccc2-n2c3ccccc3c3ccccc32)c2oc3ccccc3c12. The van der Waals surface area contributed by atoms with Gasteiger partial charge in [-0.25, -0.2) is 0 Å². The van der Waals surface area contributed by atoms with Gasteiger partial charge in [0.1, 0.15) is 11.2 Å². The molecule has 0 saturated carbocycles. The molecule has 0 unspecified atom stereocenters. The van der Waals surface area contributed by atoms with Gasteiger partial charge < -0.3 is 13.9 Å². The summed E-state index contributed by atoms with van der Waals surface area (Å²) < 4.78 is 9.52. The normalized spacial score (nSPS) is 11.5. The predicted molar refractivity (Wildman–Crippen MR) is 269 cm³/mol. The number of hydrogen-bond acceptors (Lipinski definition) is 2. The maximum atomic E-state index is 7.11. The first-order valence-corrected chi connectivity index (χ1v) is 21.9. The van der Waals surface area contributed by atoms with Crippen LogP contribution in [0.15, 0.2) is 241 Å². The maximum Gasteiger partial charge on any atom is 0.145 e. The second kappa shape index (κ2) is 15.5. The fraction of sp³-hybridized carbons (Fsp3) is 0.0164. The van der Waals surface area contributed by atoms with Gasteiger partial charge in [0, 0.05) is 38.5 Å². The van der Waals surface area contributed by atoms with Gasteiger partial charge in [-0.3, -0.25) is 0 Å². The van der Waals surface area contributed by atoms with Crippen molar-refractivity contribution in [2.45, 2.75) is 6.92 Å². The van der Waals surface area contributed by atoms with Crippen molar-refractivity contribution in [1.82, 2.24) is 4.57 Å². The predicted octanol–water partition coefficient (Wildman–Crippen LogP) is 17.1. The third-order valence-electron chi connectivity index (χ3n) is 12.7. The molecule has 0 aliphatic heterocycles. The first kappa shape index (κ1) is 37.4. The zero-order chi connectivity index (χ0) is 42.6. The molecule has 3 heteroatoms. The van der Waals surface area contributed by atoms with E-state index < -0.39 is 0 Å². The number of nitrogens with zero attached hydrogens (tertiary/aromatic N) is 2.